The molecule has 0 aliphatic rings. The Bertz CT molecular complexity index is 1220. The van der Waals surface area contributed by atoms with Crippen LogP contribution in [0.25, 0.3) is 22.4 Å². The summed E-state index contributed by atoms with van der Waals surface area (Å²) in [5.74, 6) is 0.0462. The van der Waals surface area contributed by atoms with Crippen LogP contribution in [0.2, 0.25) is 5.02 Å². The van der Waals surface area contributed by atoms with Crippen molar-refractivity contribution in [2.45, 2.75) is 6.42 Å². The zero-order chi connectivity index (χ0) is 19.5. The molecule has 0 aliphatic carbocycles. The van der Waals surface area contributed by atoms with Crippen LogP contribution in [0.3, 0.4) is 0 Å². The number of hydrogen-bond acceptors (Lipinski definition) is 4. The Kier molecular flexibility index (Phi) is 4.91. The first kappa shape index (κ1) is 17.9. The van der Waals surface area contributed by atoms with Crippen molar-refractivity contribution in [1.29, 1.82) is 0 Å². The summed E-state index contributed by atoms with van der Waals surface area (Å²) in [6.07, 6.45) is 0.227. The number of nitrogens with zero attached hydrogens (tertiary/aromatic N) is 1. The molecule has 138 valence electrons. The van der Waals surface area contributed by atoms with Crippen LogP contribution in [0, 0.1) is 0 Å². The molecule has 1 aromatic heterocycles. The molecule has 4 aromatic rings. The average Bonchev–Trinajstić information content (AvgIpc) is 2.70. The zero-order valence-corrected chi connectivity index (χ0v) is 15.4. The van der Waals surface area contributed by atoms with E-state index in [-0.39, 0.29) is 18.2 Å². The van der Waals surface area contributed by atoms with Gasteiger partial charge < -0.3 is 9.73 Å². The third-order valence-corrected chi connectivity index (χ3v) is 4.46. The van der Waals surface area contributed by atoms with Crippen LogP contribution >= 0.6 is 11.6 Å². The van der Waals surface area contributed by atoms with Crippen LogP contribution in [0.4, 0.5) is 5.69 Å². The maximum absolute atomic E-state index is 12.3. The van der Waals surface area contributed by atoms with Crippen molar-refractivity contribution in [3.63, 3.8) is 0 Å². The van der Waals surface area contributed by atoms with Gasteiger partial charge in [-0.15, -0.1) is 0 Å². The number of nitrogens with one attached hydrogen (secondary N) is 1. The maximum Gasteiger partial charge on any atom is 0.347 e. The molecular weight excluding hydrogens is 376 g/mol. The van der Waals surface area contributed by atoms with Gasteiger partial charge in [-0.3, -0.25) is 4.79 Å². The maximum atomic E-state index is 12.3. The fourth-order valence-corrected chi connectivity index (χ4v) is 2.99. The summed E-state index contributed by atoms with van der Waals surface area (Å²) in [5, 5.41) is 3.90. The monoisotopic (exact) mass is 390 g/mol. The van der Waals surface area contributed by atoms with E-state index < -0.39 is 5.63 Å². The van der Waals surface area contributed by atoms with E-state index in [0.717, 1.165) is 5.56 Å². The summed E-state index contributed by atoms with van der Waals surface area (Å²) in [4.78, 5) is 28.9. The van der Waals surface area contributed by atoms with E-state index >= 15 is 0 Å². The molecule has 28 heavy (non-hydrogen) atoms. The summed E-state index contributed by atoms with van der Waals surface area (Å²) in [6.45, 7) is 0. The lowest BCUT2D eigenvalue weighted by molar-refractivity contribution is -0.115. The Balaban J connectivity index is 1.57. The summed E-state index contributed by atoms with van der Waals surface area (Å²) in [7, 11) is 0. The highest BCUT2D eigenvalue weighted by Crippen LogP contribution is 2.22. The van der Waals surface area contributed by atoms with Crippen LogP contribution in [0.15, 0.2) is 82.0 Å². The van der Waals surface area contributed by atoms with E-state index in [1.807, 2.05) is 18.2 Å². The molecule has 0 spiro atoms. The van der Waals surface area contributed by atoms with Gasteiger partial charge in [0.25, 0.3) is 0 Å². The molecule has 1 N–H and O–H groups in total. The van der Waals surface area contributed by atoms with Gasteiger partial charge in [0, 0.05) is 16.3 Å². The number of anilines is 1. The molecule has 0 unspecified atom stereocenters. The molecule has 5 nitrogen and oxygen atoms in total. The fourth-order valence-electron chi connectivity index (χ4n) is 2.87. The lowest BCUT2D eigenvalue weighted by atomic mass is 10.1. The number of amides is 1. The third-order valence-electron chi connectivity index (χ3n) is 4.21. The largest absolute Gasteiger partial charge is 0.403 e. The topological polar surface area (TPSA) is 72.2 Å². The van der Waals surface area contributed by atoms with Crippen LogP contribution in [0.5, 0.6) is 0 Å². The highest BCUT2D eigenvalue weighted by Gasteiger charge is 2.10. The lowest BCUT2D eigenvalue weighted by Gasteiger charge is -2.07. The molecule has 1 heterocycles. The summed E-state index contributed by atoms with van der Waals surface area (Å²) >= 11 is 5.86. The number of carbonyl (C=O) groups excluding carboxylic acids is 1. The smallest absolute Gasteiger partial charge is 0.347 e. The summed E-state index contributed by atoms with van der Waals surface area (Å²) in [6, 6.07) is 21.2. The Morgan fingerprint density at radius 3 is 2.61 bits per heavy atom. The minimum atomic E-state index is -0.447. The Morgan fingerprint density at radius 1 is 1.00 bits per heavy atom. The second-order valence-corrected chi connectivity index (χ2v) is 6.69. The van der Waals surface area contributed by atoms with Gasteiger partial charge in [0.05, 0.1) is 17.3 Å². The van der Waals surface area contributed by atoms with E-state index in [0.29, 0.717) is 27.2 Å². The number of halogens is 1. The number of rotatable bonds is 4. The van der Waals surface area contributed by atoms with Crippen molar-refractivity contribution < 1.29 is 9.21 Å². The molecule has 0 radical (unpaired) electrons. The number of para-hydroxylation sites is 1. The van der Waals surface area contributed by atoms with Crippen LogP contribution in [-0.4, -0.2) is 10.9 Å². The standard InChI is InChI=1S/C22H15ClN2O3/c23-16-10-8-14(9-11-16)12-20(26)24-17-5-3-4-15(13-17)21-25-19-7-2-1-6-18(19)22(27)28-21/h1-11,13H,12H2,(H,24,26). The molecule has 1 amide bonds. The van der Waals surface area contributed by atoms with E-state index in [1.54, 1.807) is 54.6 Å². The van der Waals surface area contributed by atoms with Crippen molar-refractivity contribution in [1.82, 2.24) is 4.98 Å². The van der Waals surface area contributed by atoms with Gasteiger partial charge in [-0.05, 0) is 48.0 Å². The minimum Gasteiger partial charge on any atom is -0.403 e. The molecule has 0 aliphatic heterocycles. The van der Waals surface area contributed by atoms with Crippen molar-refractivity contribution >= 4 is 34.1 Å². The van der Waals surface area contributed by atoms with Crippen molar-refractivity contribution in [3.8, 4) is 11.5 Å². The van der Waals surface area contributed by atoms with Crippen LogP contribution in [-0.2, 0) is 11.2 Å². The minimum absolute atomic E-state index is 0.160. The van der Waals surface area contributed by atoms with Gasteiger partial charge in [0.15, 0.2) is 0 Å². The van der Waals surface area contributed by atoms with Crippen molar-refractivity contribution in [2.24, 2.45) is 0 Å². The van der Waals surface area contributed by atoms with Gasteiger partial charge in [0.1, 0.15) is 0 Å². The predicted octanol–water partition coefficient (Wildman–Crippen LogP) is 4.69. The van der Waals surface area contributed by atoms with Gasteiger partial charge in [-0.2, -0.15) is 0 Å². The molecule has 0 saturated heterocycles. The second kappa shape index (κ2) is 7.66. The van der Waals surface area contributed by atoms with E-state index in [1.165, 1.54) is 0 Å². The highest BCUT2D eigenvalue weighted by molar-refractivity contribution is 6.30. The number of carbonyl (C=O) groups is 1. The van der Waals surface area contributed by atoms with Crippen molar-refractivity contribution in [3.05, 3.63) is 93.8 Å². The fraction of sp³-hybridized carbons (Fsp3) is 0.0455. The molecule has 0 fully saturated rings. The van der Waals surface area contributed by atoms with Gasteiger partial charge in [-0.25, -0.2) is 9.78 Å². The Hall–Kier alpha value is -3.44. The summed E-state index contributed by atoms with van der Waals surface area (Å²) < 4.78 is 5.35. The molecule has 6 heteroatoms. The number of benzene rings is 3. The molecule has 0 bridgehead atoms. The zero-order valence-electron chi connectivity index (χ0n) is 14.7. The van der Waals surface area contributed by atoms with E-state index in [9.17, 15) is 9.59 Å². The SMILES string of the molecule is O=C(Cc1ccc(Cl)cc1)Nc1cccc(-c2nc3ccccc3c(=O)o2)c1. The highest BCUT2D eigenvalue weighted by atomic mass is 35.5. The first-order valence-electron chi connectivity index (χ1n) is 8.63. The second-order valence-electron chi connectivity index (χ2n) is 6.26. The molecule has 0 atom stereocenters. The normalized spacial score (nSPS) is 10.8. The first-order valence-corrected chi connectivity index (χ1v) is 9.01. The molecular formula is C22H15ClN2O3. The Morgan fingerprint density at radius 2 is 1.79 bits per heavy atom. The number of hydrogen-bond donors (Lipinski definition) is 1. The van der Waals surface area contributed by atoms with Gasteiger partial charge >= 0.3 is 5.63 Å². The number of aromatic nitrogens is 1. The number of fused-ring (bicyclic) bond motifs is 1. The van der Waals surface area contributed by atoms with Crippen molar-refractivity contribution in [2.75, 3.05) is 5.32 Å². The third kappa shape index (κ3) is 3.94. The average molecular weight is 391 g/mol. The van der Waals surface area contributed by atoms with E-state index in [4.69, 9.17) is 16.0 Å². The predicted molar refractivity (Wildman–Crippen MR) is 110 cm³/mol. The Labute approximate surface area is 165 Å². The first-order chi connectivity index (χ1) is 13.6. The molecule has 0 saturated carbocycles. The van der Waals surface area contributed by atoms with E-state index in [2.05, 4.69) is 10.3 Å². The quantitative estimate of drug-likeness (QED) is 0.548. The molecule has 4 rings (SSSR count). The van der Waals surface area contributed by atoms with Crippen LogP contribution in [0.1, 0.15) is 5.56 Å². The van der Waals surface area contributed by atoms with Gasteiger partial charge in [-0.1, -0.05) is 41.9 Å². The summed E-state index contributed by atoms with van der Waals surface area (Å²) in [5.41, 5.74) is 2.17. The van der Waals surface area contributed by atoms with Gasteiger partial charge in [0.2, 0.25) is 11.8 Å². The lowest BCUT2D eigenvalue weighted by Crippen LogP contribution is -2.14. The van der Waals surface area contributed by atoms with Crippen LogP contribution < -0.4 is 10.9 Å². The molecule has 3 aromatic carbocycles.